The molecule has 2 nitrogen and oxygen atoms in total. The van der Waals surface area contributed by atoms with Crippen LogP contribution in [0.3, 0.4) is 0 Å². The minimum Gasteiger partial charge on any atom is -0.236 e. The van der Waals surface area contributed by atoms with Crippen molar-refractivity contribution in [3.63, 3.8) is 0 Å². The third-order valence-electron chi connectivity index (χ3n) is 8.30. The molecule has 0 unspecified atom stereocenters. The summed E-state index contributed by atoms with van der Waals surface area (Å²) in [5.74, 6) is 0.591. The third-order valence-corrected chi connectivity index (χ3v) is 8.30. The van der Waals surface area contributed by atoms with Gasteiger partial charge < -0.3 is 0 Å². The lowest BCUT2D eigenvalue weighted by Crippen LogP contribution is -2.30. The molecule has 35 heavy (non-hydrogen) atoms. The molecule has 2 aromatic heterocycles. The Labute approximate surface area is 204 Å². The maximum Gasteiger partial charge on any atom is 0.294 e. The Morgan fingerprint density at radius 2 is 1.14 bits per heavy atom. The van der Waals surface area contributed by atoms with Crippen molar-refractivity contribution >= 4 is 21.9 Å². The topological polar surface area (TPSA) is 8.81 Å². The van der Waals surface area contributed by atoms with Gasteiger partial charge in [0.05, 0.1) is 18.6 Å². The number of aryl methyl sites for hydroxylation is 2. The zero-order valence-corrected chi connectivity index (χ0v) is 19.9. The fourth-order valence-corrected chi connectivity index (χ4v) is 6.90. The van der Waals surface area contributed by atoms with Crippen LogP contribution in [-0.2, 0) is 7.05 Å². The molecule has 2 heteroatoms. The van der Waals surface area contributed by atoms with E-state index in [1.54, 1.807) is 0 Å². The van der Waals surface area contributed by atoms with Crippen LogP contribution in [0.1, 0.15) is 50.8 Å². The van der Waals surface area contributed by atoms with E-state index in [9.17, 15) is 0 Å². The molecule has 3 aliphatic carbocycles. The number of pyridine rings is 1. The molecule has 9 rings (SSSR count). The highest BCUT2D eigenvalue weighted by molar-refractivity contribution is 6.06. The Morgan fingerprint density at radius 1 is 0.600 bits per heavy atom. The predicted octanol–water partition coefficient (Wildman–Crippen LogP) is 6.90. The second kappa shape index (κ2) is 6.70. The molecule has 3 aliphatic rings. The maximum atomic E-state index is 2.49. The van der Waals surface area contributed by atoms with E-state index in [0.717, 1.165) is 0 Å². The molecule has 4 aromatic carbocycles. The molecule has 0 amide bonds. The van der Waals surface area contributed by atoms with Gasteiger partial charge in [-0.3, -0.25) is 0 Å². The summed E-state index contributed by atoms with van der Waals surface area (Å²) in [4.78, 5) is 0. The fourth-order valence-electron chi connectivity index (χ4n) is 6.90. The predicted molar refractivity (Wildman–Crippen MR) is 141 cm³/mol. The Morgan fingerprint density at radius 3 is 1.80 bits per heavy atom. The van der Waals surface area contributed by atoms with Crippen LogP contribution in [-0.4, -0.2) is 4.57 Å². The molecule has 0 saturated heterocycles. The number of fused-ring (bicyclic) bond motifs is 3. The number of hydrogen-bond donors (Lipinski definition) is 0. The normalized spacial score (nSPS) is 17.4. The van der Waals surface area contributed by atoms with Gasteiger partial charge in [0.1, 0.15) is 11.2 Å². The number of nitrogens with zero attached hydrogens (tertiary/aromatic N) is 2. The average Bonchev–Trinajstić information content (AvgIpc) is 3.23. The third kappa shape index (κ3) is 2.37. The lowest BCUT2D eigenvalue weighted by Gasteiger charge is -2.42. The lowest BCUT2D eigenvalue weighted by atomic mass is 9.61. The summed E-state index contributed by atoms with van der Waals surface area (Å²) in [5, 5.41) is 2.59. The number of rotatable bonds is 1. The van der Waals surface area contributed by atoms with Crippen molar-refractivity contribution in [3.8, 4) is 5.69 Å². The van der Waals surface area contributed by atoms with Crippen LogP contribution in [0.25, 0.3) is 27.6 Å². The summed E-state index contributed by atoms with van der Waals surface area (Å²) >= 11 is 0. The van der Waals surface area contributed by atoms with Crippen LogP contribution in [0.4, 0.5) is 0 Å². The van der Waals surface area contributed by atoms with Crippen molar-refractivity contribution in [3.05, 3.63) is 142 Å². The van der Waals surface area contributed by atoms with Crippen molar-refractivity contribution in [2.45, 2.75) is 18.8 Å². The van der Waals surface area contributed by atoms with Crippen LogP contribution in [0.5, 0.6) is 0 Å². The van der Waals surface area contributed by atoms with Gasteiger partial charge in [0.25, 0.3) is 5.65 Å². The molecule has 0 saturated carbocycles. The van der Waals surface area contributed by atoms with Crippen molar-refractivity contribution < 1.29 is 4.57 Å². The molecular weight excluding hydrogens is 424 g/mol. The van der Waals surface area contributed by atoms with Gasteiger partial charge in [0, 0.05) is 17.2 Å². The van der Waals surface area contributed by atoms with E-state index in [1.165, 1.54) is 66.6 Å². The van der Waals surface area contributed by atoms with Gasteiger partial charge in [-0.25, -0.2) is 4.57 Å². The number of para-hydroxylation sites is 1. The molecule has 0 aliphatic heterocycles. The molecule has 2 heterocycles. The van der Waals surface area contributed by atoms with Gasteiger partial charge >= 0.3 is 0 Å². The summed E-state index contributed by atoms with van der Waals surface area (Å²) < 4.78 is 4.73. The molecule has 0 fully saturated rings. The highest BCUT2D eigenvalue weighted by atomic mass is 15.1. The van der Waals surface area contributed by atoms with Crippen molar-refractivity contribution in [1.29, 1.82) is 0 Å². The average molecular weight is 450 g/mol. The second-order valence-corrected chi connectivity index (χ2v) is 10.1. The summed E-state index contributed by atoms with van der Waals surface area (Å²) in [5.41, 5.74) is 13.9. The Bertz CT molecular complexity index is 1790. The van der Waals surface area contributed by atoms with Crippen molar-refractivity contribution in [2.75, 3.05) is 0 Å². The van der Waals surface area contributed by atoms with E-state index < -0.39 is 0 Å². The molecule has 0 spiro atoms. The lowest BCUT2D eigenvalue weighted by molar-refractivity contribution is -0.647. The van der Waals surface area contributed by atoms with Crippen molar-refractivity contribution in [2.24, 2.45) is 7.05 Å². The van der Waals surface area contributed by atoms with Gasteiger partial charge in [-0.05, 0) is 76.2 Å². The first-order valence-corrected chi connectivity index (χ1v) is 12.4. The van der Waals surface area contributed by atoms with E-state index in [1.807, 2.05) is 0 Å². The monoisotopic (exact) mass is 449 g/mol. The molecule has 6 aromatic rings. The first-order valence-electron chi connectivity index (χ1n) is 12.4. The Kier molecular flexibility index (Phi) is 3.67. The van der Waals surface area contributed by atoms with E-state index in [2.05, 4.69) is 126 Å². The highest BCUT2D eigenvalue weighted by Crippen LogP contribution is 2.56. The first kappa shape index (κ1) is 19.2. The van der Waals surface area contributed by atoms with Crippen LogP contribution >= 0.6 is 0 Å². The second-order valence-electron chi connectivity index (χ2n) is 10.1. The smallest absolute Gasteiger partial charge is 0.236 e. The molecule has 0 atom stereocenters. The van der Waals surface area contributed by atoms with E-state index in [4.69, 9.17) is 0 Å². The largest absolute Gasteiger partial charge is 0.294 e. The van der Waals surface area contributed by atoms with Crippen LogP contribution < -0.4 is 4.57 Å². The van der Waals surface area contributed by atoms with Crippen molar-refractivity contribution in [1.82, 2.24) is 4.57 Å². The SMILES string of the molecule is Cc1cc2c(cc1-n1c3ccccc3c3ccc[n+](C)c31)C1c3ccccc3C2c2ccccc21. The van der Waals surface area contributed by atoms with Crippen LogP contribution in [0, 0.1) is 6.92 Å². The molecule has 0 N–H and O–H groups in total. The maximum absolute atomic E-state index is 2.49. The Hall–Kier alpha value is -4.17. The van der Waals surface area contributed by atoms with E-state index >= 15 is 0 Å². The first-order chi connectivity index (χ1) is 17.2. The van der Waals surface area contributed by atoms with Gasteiger partial charge in [-0.1, -0.05) is 66.7 Å². The molecule has 166 valence electrons. The van der Waals surface area contributed by atoms with Gasteiger partial charge in [-0.2, -0.15) is 4.57 Å². The molecule has 0 radical (unpaired) electrons. The summed E-state index contributed by atoms with van der Waals surface area (Å²) in [6.45, 7) is 2.28. The summed E-state index contributed by atoms with van der Waals surface area (Å²) in [7, 11) is 2.15. The van der Waals surface area contributed by atoms with E-state index in [-0.39, 0.29) is 5.92 Å². The summed E-state index contributed by atoms with van der Waals surface area (Å²) in [6.07, 6.45) is 2.15. The molecular formula is C33H25N2+. The summed E-state index contributed by atoms with van der Waals surface area (Å²) in [6, 6.07) is 36.3. The number of benzene rings is 4. The standard InChI is InChI=1S/C33H25N2/c1-20-18-27-28(32-24-13-5-3-11-22(24)31(27)23-12-4-6-14-25(23)32)19-30(20)35-29-16-8-7-10-21(29)26-15-9-17-34(2)33(26)35/h3-19,31-32H,1-2H3/q+1. The Balaban J connectivity index is 1.47. The number of aromatic nitrogens is 2. The zero-order valence-electron chi connectivity index (χ0n) is 19.9. The minimum atomic E-state index is 0.281. The van der Waals surface area contributed by atoms with Gasteiger partial charge in [0.15, 0.2) is 0 Å². The fraction of sp³-hybridized carbons (Fsp3) is 0.121. The minimum absolute atomic E-state index is 0.281. The quantitative estimate of drug-likeness (QED) is 0.241. The van der Waals surface area contributed by atoms with Crippen LogP contribution in [0.15, 0.2) is 103 Å². The number of hydrogen-bond acceptors (Lipinski definition) is 0. The molecule has 2 bridgehead atoms. The highest BCUT2D eigenvalue weighted by Gasteiger charge is 2.41. The van der Waals surface area contributed by atoms with Gasteiger partial charge in [0.2, 0.25) is 0 Å². The van der Waals surface area contributed by atoms with E-state index in [0.29, 0.717) is 5.92 Å². The van der Waals surface area contributed by atoms with Crippen LogP contribution in [0.2, 0.25) is 0 Å². The van der Waals surface area contributed by atoms with Gasteiger partial charge in [-0.15, -0.1) is 0 Å². The zero-order chi connectivity index (χ0) is 23.3.